The lowest BCUT2D eigenvalue weighted by Crippen LogP contribution is -2.40. The molecular weight excluding hydrogens is 272 g/mol. The van der Waals surface area contributed by atoms with E-state index in [4.69, 9.17) is 9.84 Å². The number of hydrogen-bond donors (Lipinski definition) is 3. The summed E-state index contributed by atoms with van der Waals surface area (Å²) >= 11 is 0. The van der Waals surface area contributed by atoms with Crippen LogP contribution in [0.15, 0.2) is 18.2 Å². The molecule has 6 heteroatoms. The SMILES string of the molecule is CCc1cccc(CC)c1NC(=O)NCC(OC)C(=O)O. The Morgan fingerprint density at radius 3 is 2.24 bits per heavy atom. The molecule has 0 spiro atoms. The largest absolute Gasteiger partial charge is 0.479 e. The molecule has 0 aliphatic heterocycles. The lowest BCUT2D eigenvalue weighted by Gasteiger charge is -2.16. The van der Waals surface area contributed by atoms with Gasteiger partial charge in [0.1, 0.15) is 0 Å². The molecule has 116 valence electrons. The number of ether oxygens (including phenoxy) is 1. The number of hydrogen-bond acceptors (Lipinski definition) is 3. The molecule has 2 amide bonds. The summed E-state index contributed by atoms with van der Waals surface area (Å²) in [4.78, 5) is 22.7. The molecule has 0 heterocycles. The van der Waals surface area contributed by atoms with E-state index in [0.717, 1.165) is 29.7 Å². The highest BCUT2D eigenvalue weighted by Crippen LogP contribution is 2.22. The molecule has 0 saturated heterocycles. The fourth-order valence-electron chi connectivity index (χ4n) is 2.02. The maximum Gasteiger partial charge on any atom is 0.334 e. The van der Waals surface area contributed by atoms with Gasteiger partial charge in [-0.1, -0.05) is 32.0 Å². The van der Waals surface area contributed by atoms with Crippen LogP contribution < -0.4 is 10.6 Å². The molecular formula is C15H22N2O4. The van der Waals surface area contributed by atoms with E-state index in [1.807, 2.05) is 32.0 Å². The van der Waals surface area contributed by atoms with Gasteiger partial charge in [0.15, 0.2) is 6.10 Å². The second-order valence-electron chi connectivity index (χ2n) is 4.56. The van der Waals surface area contributed by atoms with Crippen molar-refractivity contribution in [3.63, 3.8) is 0 Å². The minimum atomic E-state index is -1.11. The molecule has 21 heavy (non-hydrogen) atoms. The topological polar surface area (TPSA) is 87.7 Å². The lowest BCUT2D eigenvalue weighted by molar-refractivity contribution is -0.147. The molecule has 0 bridgehead atoms. The van der Waals surface area contributed by atoms with E-state index in [1.54, 1.807) is 0 Å². The van der Waals surface area contributed by atoms with Crippen molar-refractivity contribution in [1.29, 1.82) is 0 Å². The first-order chi connectivity index (χ1) is 10.0. The van der Waals surface area contributed by atoms with Crippen LogP contribution in [0.1, 0.15) is 25.0 Å². The number of nitrogens with one attached hydrogen (secondary N) is 2. The zero-order valence-electron chi connectivity index (χ0n) is 12.6. The van der Waals surface area contributed by atoms with Crippen molar-refractivity contribution in [1.82, 2.24) is 5.32 Å². The number of methoxy groups -OCH3 is 1. The number of aryl methyl sites for hydroxylation is 2. The molecule has 1 atom stereocenters. The van der Waals surface area contributed by atoms with Crippen LogP contribution in [0, 0.1) is 0 Å². The van der Waals surface area contributed by atoms with E-state index in [2.05, 4.69) is 10.6 Å². The Hall–Kier alpha value is -2.08. The van der Waals surface area contributed by atoms with Crippen LogP contribution in [-0.2, 0) is 22.4 Å². The summed E-state index contributed by atoms with van der Waals surface area (Å²) in [5.41, 5.74) is 2.89. The number of carbonyl (C=O) groups is 2. The maximum absolute atomic E-state index is 11.9. The number of anilines is 1. The average molecular weight is 294 g/mol. The van der Waals surface area contributed by atoms with Crippen LogP contribution in [0.2, 0.25) is 0 Å². The predicted molar refractivity (Wildman–Crippen MR) is 80.7 cm³/mol. The van der Waals surface area contributed by atoms with Crippen molar-refractivity contribution in [3.8, 4) is 0 Å². The van der Waals surface area contributed by atoms with Crippen LogP contribution >= 0.6 is 0 Å². The third-order valence-electron chi connectivity index (χ3n) is 3.25. The summed E-state index contributed by atoms with van der Waals surface area (Å²) in [6, 6.07) is 5.45. The Morgan fingerprint density at radius 2 is 1.81 bits per heavy atom. The van der Waals surface area contributed by atoms with Gasteiger partial charge in [-0.3, -0.25) is 0 Å². The van der Waals surface area contributed by atoms with Crippen LogP contribution in [-0.4, -0.2) is 36.9 Å². The monoisotopic (exact) mass is 294 g/mol. The number of carboxylic acid groups (broad SMARTS) is 1. The number of carboxylic acids is 1. The number of urea groups is 1. The van der Waals surface area contributed by atoms with E-state index >= 15 is 0 Å². The molecule has 0 saturated carbocycles. The summed E-state index contributed by atoms with van der Waals surface area (Å²) in [6.07, 6.45) is 0.557. The number of benzene rings is 1. The van der Waals surface area contributed by atoms with Gasteiger partial charge in [0.25, 0.3) is 0 Å². The first-order valence-electron chi connectivity index (χ1n) is 6.94. The quantitative estimate of drug-likeness (QED) is 0.718. The molecule has 0 radical (unpaired) electrons. The smallest absolute Gasteiger partial charge is 0.334 e. The van der Waals surface area contributed by atoms with Crippen molar-refractivity contribution in [2.24, 2.45) is 0 Å². The van der Waals surface area contributed by atoms with Gasteiger partial charge in [-0.05, 0) is 24.0 Å². The van der Waals surface area contributed by atoms with E-state index in [-0.39, 0.29) is 6.54 Å². The van der Waals surface area contributed by atoms with Crippen LogP contribution in [0.3, 0.4) is 0 Å². The summed E-state index contributed by atoms with van der Waals surface area (Å²) < 4.78 is 4.76. The standard InChI is InChI=1S/C15H22N2O4/c1-4-10-7-6-8-11(5-2)13(10)17-15(20)16-9-12(21-3)14(18)19/h6-8,12H,4-5,9H2,1-3H3,(H,18,19)(H2,16,17,20). The van der Waals surface area contributed by atoms with Crippen molar-refractivity contribution in [2.45, 2.75) is 32.8 Å². The summed E-state index contributed by atoms with van der Waals surface area (Å²) in [5, 5.41) is 14.2. The third-order valence-corrected chi connectivity index (χ3v) is 3.25. The molecule has 0 aliphatic rings. The zero-order chi connectivity index (χ0) is 15.8. The Bertz CT molecular complexity index is 480. The number of aliphatic carboxylic acids is 1. The molecule has 0 fully saturated rings. The number of amides is 2. The lowest BCUT2D eigenvalue weighted by atomic mass is 10.0. The van der Waals surface area contributed by atoms with E-state index < -0.39 is 18.1 Å². The first-order valence-corrected chi connectivity index (χ1v) is 6.94. The van der Waals surface area contributed by atoms with Crippen LogP contribution in [0.5, 0.6) is 0 Å². The summed E-state index contributed by atoms with van der Waals surface area (Å²) in [6.45, 7) is 3.94. The minimum absolute atomic E-state index is 0.0899. The first kappa shape index (κ1) is 17.0. The average Bonchev–Trinajstić information content (AvgIpc) is 2.47. The minimum Gasteiger partial charge on any atom is -0.479 e. The fraction of sp³-hybridized carbons (Fsp3) is 0.467. The number of carbonyl (C=O) groups excluding carboxylic acids is 1. The summed E-state index contributed by atoms with van der Waals surface area (Å²) in [7, 11) is 1.29. The highest BCUT2D eigenvalue weighted by Gasteiger charge is 2.17. The van der Waals surface area contributed by atoms with Gasteiger partial charge < -0.3 is 20.5 Å². The van der Waals surface area contributed by atoms with Gasteiger partial charge in [0.05, 0.1) is 6.54 Å². The molecule has 3 N–H and O–H groups in total. The third kappa shape index (κ3) is 4.75. The van der Waals surface area contributed by atoms with Crippen molar-refractivity contribution in [2.75, 3.05) is 19.0 Å². The second kappa shape index (κ2) is 8.26. The van der Waals surface area contributed by atoms with Crippen molar-refractivity contribution >= 4 is 17.7 Å². The molecule has 6 nitrogen and oxygen atoms in total. The maximum atomic E-state index is 11.9. The van der Waals surface area contributed by atoms with E-state index in [9.17, 15) is 9.59 Å². The Morgan fingerprint density at radius 1 is 1.24 bits per heavy atom. The number of para-hydroxylation sites is 1. The Balaban J connectivity index is 2.73. The molecule has 1 aromatic carbocycles. The molecule has 0 aliphatic carbocycles. The normalized spacial score (nSPS) is 11.8. The second-order valence-corrected chi connectivity index (χ2v) is 4.56. The molecule has 0 aromatic heterocycles. The van der Waals surface area contributed by atoms with Gasteiger partial charge >= 0.3 is 12.0 Å². The van der Waals surface area contributed by atoms with E-state index in [0.29, 0.717) is 0 Å². The zero-order valence-corrected chi connectivity index (χ0v) is 12.6. The molecule has 1 aromatic rings. The van der Waals surface area contributed by atoms with Crippen molar-refractivity contribution < 1.29 is 19.4 Å². The van der Waals surface area contributed by atoms with Gasteiger partial charge in [-0.25, -0.2) is 9.59 Å². The highest BCUT2D eigenvalue weighted by atomic mass is 16.5. The van der Waals surface area contributed by atoms with Crippen LogP contribution in [0.25, 0.3) is 0 Å². The van der Waals surface area contributed by atoms with Gasteiger partial charge in [-0.2, -0.15) is 0 Å². The van der Waals surface area contributed by atoms with Gasteiger partial charge in [0, 0.05) is 12.8 Å². The Kier molecular flexibility index (Phi) is 6.68. The van der Waals surface area contributed by atoms with Crippen LogP contribution in [0.4, 0.5) is 10.5 Å². The highest BCUT2D eigenvalue weighted by molar-refractivity contribution is 5.91. The predicted octanol–water partition coefficient (Wildman–Crippen LogP) is 2.03. The Labute approximate surface area is 124 Å². The fourth-order valence-corrected chi connectivity index (χ4v) is 2.02. The molecule has 1 rings (SSSR count). The molecule has 1 unspecified atom stereocenters. The number of rotatable bonds is 7. The van der Waals surface area contributed by atoms with Crippen molar-refractivity contribution in [3.05, 3.63) is 29.3 Å². The van der Waals surface area contributed by atoms with Gasteiger partial charge in [-0.15, -0.1) is 0 Å². The summed E-state index contributed by atoms with van der Waals surface area (Å²) in [5.74, 6) is -1.11. The van der Waals surface area contributed by atoms with Gasteiger partial charge in [0.2, 0.25) is 0 Å². The van der Waals surface area contributed by atoms with E-state index in [1.165, 1.54) is 7.11 Å².